The zero-order chi connectivity index (χ0) is 18.4. The fraction of sp³-hybridized carbons (Fsp3) is 0.333. The van der Waals surface area contributed by atoms with E-state index < -0.39 is 28.2 Å². The van der Waals surface area contributed by atoms with Gasteiger partial charge in [-0.05, 0) is 24.3 Å². The van der Waals surface area contributed by atoms with Crippen LogP contribution in [-0.4, -0.2) is 64.9 Å². The van der Waals surface area contributed by atoms with Crippen molar-refractivity contribution in [2.24, 2.45) is 0 Å². The Morgan fingerprint density at radius 1 is 1.24 bits per heavy atom. The molecule has 25 heavy (non-hydrogen) atoms. The smallest absolute Gasteiger partial charge is 0.407 e. The number of ketones is 1. The monoisotopic (exact) mass is 386 g/mol. The van der Waals surface area contributed by atoms with Crippen LogP contribution in [0.3, 0.4) is 0 Å². The summed E-state index contributed by atoms with van der Waals surface area (Å²) < 4.78 is 27.2. The number of carbonyl (C=O) groups excluding carboxylic acids is 1. The number of Topliss-reactive ketones (excluding diaryl/α,β-unsaturated/α-hetero) is 1. The zero-order valence-corrected chi connectivity index (χ0v) is 14.4. The minimum atomic E-state index is -4.00. The number of nitrogens with zero attached hydrogens (tertiary/aromatic N) is 2. The quantitative estimate of drug-likeness (QED) is 0.587. The lowest BCUT2D eigenvalue weighted by Crippen LogP contribution is -2.65. The van der Waals surface area contributed by atoms with Gasteiger partial charge in [0.25, 0.3) is 0 Å². The van der Waals surface area contributed by atoms with Gasteiger partial charge in [0, 0.05) is 30.1 Å². The van der Waals surface area contributed by atoms with E-state index in [1.807, 2.05) is 0 Å². The predicted octanol–water partition coefficient (Wildman–Crippen LogP) is 1.48. The Bertz CT molecular complexity index is 851. The molecule has 0 spiro atoms. The number of piperazine rings is 1. The summed E-state index contributed by atoms with van der Waals surface area (Å²) in [4.78, 5) is 24.5. The number of piperidine rings is 1. The van der Waals surface area contributed by atoms with Gasteiger partial charge in [-0.25, -0.2) is 13.2 Å². The van der Waals surface area contributed by atoms with Crippen LogP contribution in [-0.2, 0) is 14.8 Å². The van der Waals surface area contributed by atoms with Gasteiger partial charge in [-0.3, -0.25) is 4.79 Å². The molecule has 0 saturated carbocycles. The first-order chi connectivity index (χ1) is 11.8. The molecular weight excluding hydrogens is 372 g/mol. The molecule has 0 radical (unpaired) electrons. The Balaban J connectivity index is 2.07. The third kappa shape index (κ3) is 2.99. The van der Waals surface area contributed by atoms with E-state index in [1.165, 1.54) is 24.3 Å². The van der Waals surface area contributed by atoms with Crippen molar-refractivity contribution in [3.63, 3.8) is 0 Å². The number of aliphatic hydroxyl groups is 1. The van der Waals surface area contributed by atoms with Crippen molar-refractivity contribution in [2.45, 2.75) is 23.4 Å². The number of rotatable bonds is 2. The first kappa shape index (κ1) is 17.7. The lowest BCUT2D eigenvalue weighted by Gasteiger charge is -2.48. The average Bonchev–Trinajstić information content (AvgIpc) is 2.54. The molecule has 2 saturated heterocycles. The highest BCUT2D eigenvalue weighted by atomic mass is 35.5. The predicted molar refractivity (Wildman–Crippen MR) is 88.0 cm³/mol. The van der Waals surface area contributed by atoms with Crippen molar-refractivity contribution in [3.8, 4) is 0 Å². The molecule has 2 heterocycles. The van der Waals surface area contributed by atoms with E-state index in [9.17, 15) is 28.2 Å². The second-order valence-electron chi connectivity index (χ2n) is 5.86. The second kappa shape index (κ2) is 6.32. The zero-order valence-electron chi connectivity index (χ0n) is 12.9. The number of sulfonamides is 1. The normalized spacial score (nSPS) is 26.0. The number of hydrogen-bond acceptors (Lipinski definition) is 5. The van der Waals surface area contributed by atoms with Crippen LogP contribution >= 0.6 is 11.6 Å². The first-order valence-corrected chi connectivity index (χ1v) is 9.22. The number of hydrogen-bond donors (Lipinski definition) is 2. The van der Waals surface area contributed by atoms with Crippen LogP contribution < -0.4 is 0 Å². The molecule has 1 aromatic rings. The molecule has 10 heteroatoms. The highest BCUT2D eigenvalue weighted by Crippen LogP contribution is 2.35. The van der Waals surface area contributed by atoms with Gasteiger partial charge in [0.05, 0.1) is 23.2 Å². The summed E-state index contributed by atoms with van der Waals surface area (Å²) in [5, 5.41) is 19.0. The molecule has 0 aliphatic carbocycles. The lowest BCUT2D eigenvalue weighted by atomic mass is 9.89. The van der Waals surface area contributed by atoms with Crippen LogP contribution in [0.4, 0.5) is 4.79 Å². The SMILES string of the molecule is O=C1CC2CN(C(=O)O)CC(C1=CO)N2S(=O)(=O)c1ccc(Cl)cc1. The summed E-state index contributed by atoms with van der Waals surface area (Å²) in [5.74, 6) is -0.384. The molecule has 1 amide bonds. The number of carboxylic acid groups (broad SMARTS) is 1. The maximum atomic E-state index is 13.1. The van der Waals surface area contributed by atoms with Gasteiger partial charge in [0.1, 0.15) is 0 Å². The molecule has 134 valence electrons. The van der Waals surface area contributed by atoms with Gasteiger partial charge < -0.3 is 15.1 Å². The molecule has 0 aromatic heterocycles. The Morgan fingerprint density at radius 2 is 1.88 bits per heavy atom. The number of amides is 1. The maximum absolute atomic E-state index is 13.1. The van der Waals surface area contributed by atoms with Gasteiger partial charge in [0.2, 0.25) is 10.0 Å². The van der Waals surface area contributed by atoms with Crippen molar-refractivity contribution in [3.05, 3.63) is 41.1 Å². The molecule has 2 N–H and O–H groups in total. The summed E-state index contributed by atoms with van der Waals surface area (Å²) in [5.41, 5.74) is -0.111. The molecular formula is C15H15ClN2O6S. The number of fused-ring (bicyclic) bond motifs is 2. The van der Waals surface area contributed by atoms with Crippen molar-refractivity contribution in [2.75, 3.05) is 13.1 Å². The van der Waals surface area contributed by atoms with E-state index in [4.69, 9.17) is 11.6 Å². The number of carbonyl (C=O) groups is 2. The number of halogens is 1. The largest absolute Gasteiger partial charge is 0.515 e. The third-order valence-electron chi connectivity index (χ3n) is 4.39. The Morgan fingerprint density at radius 3 is 2.44 bits per heavy atom. The highest BCUT2D eigenvalue weighted by Gasteiger charge is 2.50. The fourth-order valence-corrected chi connectivity index (χ4v) is 5.17. The van der Waals surface area contributed by atoms with Gasteiger partial charge in [0.15, 0.2) is 5.78 Å². The standard InChI is InChI=1S/C15H15ClN2O6S/c16-9-1-3-11(4-2-9)25(23,24)18-10-5-14(20)12(8-19)13(18)7-17(6-10)15(21)22/h1-4,8,10,13,19H,5-7H2,(H,21,22). The minimum Gasteiger partial charge on any atom is -0.515 e. The second-order valence-corrected chi connectivity index (χ2v) is 8.14. The number of likely N-dealkylation sites (tertiary alicyclic amines) is 1. The van der Waals surface area contributed by atoms with Gasteiger partial charge in [-0.15, -0.1) is 0 Å². The van der Waals surface area contributed by atoms with Crippen LogP contribution in [0.25, 0.3) is 0 Å². The van der Waals surface area contributed by atoms with Crippen LogP contribution in [0, 0.1) is 0 Å². The lowest BCUT2D eigenvalue weighted by molar-refractivity contribution is -0.120. The summed E-state index contributed by atoms with van der Waals surface area (Å²) in [7, 11) is -4.00. The van der Waals surface area contributed by atoms with E-state index in [-0.39, 0.29) is 35.8 Å². The first-order valence-electron chi connectivity index (χ1n) is 7.40. The fourth-order valence-electron chi connectivity index (χ4n) is 3.27. The topological polar surface area (TPSA) is 115 Å². The van der Waals surface area contributed by atoms with Crippen LogP contribution in [0.1, 0.15) is 6.42 Å². The van der Waals surface area contributed by atoms with Crippen molar-refractivity contribution in [1.29, 1.82) is 0 Å². The molecule has 2 unspecified atom stereocenters. The van der Waals surface area contributed by atoms with E-state index >= 15 is 0 Å². The van der Waals surface area contributed by atoms with Crippen molar-refractivity contribution < 1.29 is 28.2 Å². The summed E-state index contributed by atoms with van der Waals surface area (Å²) in [6, 6.07) is 3.67. The minimum absolute atomic E-state index is 0.0117. The summed E-state index contributed by atoms with van der Waals surface area (Å²) >= 11 is 5.79. The Hall–Kier alpha value is -2.10. The van der Waals surface area contributed by atoms with Gasteiger partial charge in [-0.1, -0.05) is 11.6 Å². The number of benzene rings is 1. The Kier molecular flexibility index (Phi) is 4.48. The van der Waals surface area contributed by atoms with E-state index in [0.29, 0.717) is 11.3 Å². The molecule has 1 aromatic carbocycles. The van der Waals surface area contributed by atoms with Crippen molar-refractivity contribution >= 4 is 33.5 Å². The molecule has 2 bridgehead atoms. The van der Waals surface area contributed by atoms with E-state index in [0.717, 1.165) is 9.21 Å². The van der Waals surface area contributed by atoms with E-state index in [2.05, 4.69) is 0 Å². The molecule has 3 rings (SSSR count). The summed E-state index contributed by atoms with van der Waals surface area (Å²) in [6.45, 7) is -0.333. The molecule has 2 fully saturated rings. The molecule has 2 aliphatic rings. The van der Waals surface area contributed by atoms with Crippen LogP contribution in [0.5, 0.6) is 0 Å². The van der Waals surface area contributed by atoms with Crippen molar-refractivity contribution in [1.82, 2.24) is 9.21 Å². The van der Waals surface area contributed by atoms with Gasteiger partial charge in [-0.2, -0.15) is 4.31 Å². The molecule has 2 atom stereocenters. The molecule has 2 aliphatic heterocycles. The summed E-state index contributed by atoms with van der Waals surface area (Å²) in [6.07, 6.45) is -0.830. The maximum Gasteiger partial charge on any atom is 0.407 e. The van der Waals surface area contributed by atoms with Crippen LogP contribution in [0.2, 0.25) is 5.02 Å². The van der Waals surface area contributed by atoms with E-state index in [1.54, 1.807) is 0 Å². The number of aliphatic hydroxyl groups excluding tert-OH is 1. The average molecular weight is 387 g/mol. The highest BCUT2D eigenvalue weighted by molar-refractivity contribution is 7.89. The Labute approximate surface area is 149 Å². The molecule has 8 nitrogen and oxygen atoms in total. The van der Waals surface area contributed by atoms with Gasteiger partial charge >= 0.3 is 6.09 Å². The van der Waals surface area contributed by atoms with Crippen LogP contribution in [0.15, 0.2) is 41.0 Å². The third-order valence-corrected chi connectivity index (χ3v) is 6.62.